The Morgan fingerprint density at radius 3 is 2.38 bits per heavy atom. The quantitative estimate of drug-likeness (QED) is 0.805. The fraction of sp³-hybridized carbons (Fsp3) is 0.611. The summed E-state index contributed by atoms with van der Waals surface area (Å²) >= 11 is 0. The average molecular weight is 289 g/mol. The van der Waals surface area contributed by atoms with E-state index >= 15 is 0 Å². The minimum absolute atomic E-state index is 0.181. The monoisotopic (exact) mass is 289 g/mol. The van der Waals surface area contributed by atoms with Gasteiger partial charge >= 0.3 is 6.09 Å². The molecule has 0 N–H and O–H groups in total. The van der Waals surface area contributed by atoms with Gasteiger partial charge in [0.25, 0.3) is 0 Å². The highest BCUT2D eigenvalue weighted by Gasteiger charge is 2.39. The molecule has 1 aromatic rings. The van der Waals surface area contributed by atoms with E-state index in [0.717, 1.165) is 13.0 Å². The van der Waals surface area contributed by atoms with Crippen LogP contribution < -0.4 is 0 Å². The number of rotatable bonds is 2. The third-order valence-electron chi connectivity index (χ3n) is 4.01. The Morgan fingerprint density at radius 2 is 1.86 bits per heavy atom. The van der Waals surface area contributed by atoms with Crippen molar-refractivity contribution in [2.45, 2.75) is 58.6 Å². The van der Waals surface area contributed by atoms with Crippen molar-refractivity contribution < 1.29 is 9.53 Å². The van der Waals surface area contributed by atoms with Crippen molar-refractivity contribution in [3.63, 3.8) is 0 Å². The summed E-state index contributed by atoms with van der Waals surface area (Å²) in [7, 11) is 0. The van der Waals surface area contributed by atoms with Gasteiger partial charge in [-0.3, -0.25) is 0 Å². The molecule has 3 heteroatoms. The van der Waals surface area contributed by atoms with Crippen LogP contribution in [-0.2, 0) is 4.74 Å². The molecule has 1 aliphatic rings. The van der Waals surface area contributed by atoms with Crippen LogP contribution >= 0.6 is 0 Å². The van der Waals surface area contributed by atoms with Crippen LogP contribution in [0.25, 0.3) is 0 Å². The molecule has 1 fully saturated rings. The Bertz CT molecular complexity index is 476. The summed E-state index contributed by atoms with van der Waals surface area (Å²) in [6.45, 7) is 10.9. The zero-order chi connectivity index (χ0) is 15.6. The highest BCUT2D eigenvalue weighted by molar-refractivity contribution is 5.69. The van der Waals surface area contributed by atoms with Crippen LogP contribution in [0, 0.1) is 5.92 Å². The van der Waals surface area contributed by atoms with E-state index in [1.807, 2.05) is 31.7 Å². The van der Waals surface area contributed by atoms with E-state index in [-0.39, 0.29) is 12.1 Å². The van der Waals surface area contributed by atoms with Crippen LogP contribution in [0.3, 0.4) is 0 Å². The van der Waals surface area contributed by atoms with Crippen molar-refractivity contribution in [3.8, 4) is 0 Å². The number of hydrogen-bond acceptors (Lipinski definition) is 2. The molecule has 0 saturated carbocycles. The number of benzene rings is 1. The average Bonchev–Trinajstić information content (AvgIpc) is 2.83. The summed E-state index contributed by atoms with van der Waals surface area (Å²) < 4.78 is 5.57. The molecule has 116 valence electrons. The zero-order valence-corrected chi connectivity index (χ0v) is 13.8. The summed E-state index contributed by atoms with van der Waals surface area (Å²) in [4.78, 5) is 14.4. The first-order valence-electron chi connectivity index (χ1n) is 7.82. The zero-order valence-electron chi connectivity index (χ0n) is 13.8. The molecule has 0 bridgehead atoms. The number of likely N-dealkylation sites (tertiary alicyclic amines) is 1. The number of nitrogens with zero attached hydrogens (tertiary/aromatic N) is 1. The first-order valence-corrected chi connectivity index (χ1v) is 7.82. The van der Waals surface area contributed by atoms with Crippen molar-refractivity contribution in [2.75, 3.05) is 6.54 Å². The molecule has 0 aliphatic carbocycles. The van der Waals surface area contributed by atoms with Gasteiger partial charge in [0.1, 0.15) is 5.60 Å². The van der Waals surface area contributed by atoms with Gasteiger partial charge in [-0.15, -0.1) is 0 Å². The van der Waals surface area contributed by atoms with Gasteiger partial charge in [0.15, 0.2) is 0 Å². The number of carbonyl (C=O) groups excluding carboxylic acids is 1. The van der Waals surface area contributed by atoms with Crippen LogP contribution in [-0.4, -0.2) is 29.2 Å². The van der Waals surface area contributed by atoms with Crippen molar-refractivity contribution in [3.05, 3.63) is 35.9 Å². The van der Waals surface area contributed by atoms with Crippen LogP contribution in [0.4, 0.5) is 4.79 Å². The summed E-state index contributed by atoms with van der Waals surface area (Å²) in [6.07, 6.45) is 0.834. The van der Waals surface area contributed by atoms with Crippen molar-refractivity contribution in [1.82, 2.24) is 4.90 Å². The summed E-state index contributed by atoms with van der Waals surface area (Å²) in [5, 5.41) is 0. The van der Waals surface area contributed by atoms with Crippen LogP contribution in [0.1, 0.15) is 52.5 Å². The molecular weight excluding hydrogens is 262 g/mol. The lowest BCUT2D eigenvalue weighted by Crippen LogP contribution is -2.42. The van der Waals surface area contributed by atoms with Crippen LogP contribution in [0.5, 0.6) is 0 Å². The van der Waals surface area contributed by atoms with Gasteiger partial charge in [0.05, 0.1) is 0 Å². The molecule has 1 amide bonds. The number of carbonyl (C=O) groups is 1. The molecule has 3 nitrogen and oxygen atoms in total. The molecule has 21 heavy (non-hydrogen) atoms. The number of amides is 1. The molecule has 1 aliphatic heterocycles. The maximum absolute atomic E-state index is 12.5. The highest BCUT2D eigenvalue weighted by Crippen LogP contribution is 2.35. The third-order valence-corrected chi connectivity index (χ3v) is 4.01. The van der Waals surface area contributed by atoms with E-state index in [2.05, 4.69) is 38.1 Å². The van der Waals surface area contributed by atoms with E-state index in [0.29, 0.717) is 11.8 Å². The first kappa shape index (κ1) is 15.9. The predicted octanol–water partition coefficient (Wildman–Crippen LogP) is 4.44. The Morgan fingerprint density at radius 1 is 1.24 bits per heavy atom. The van der Waals surface area contributed by atoms with Gasteiger partial charge in [-0.05, 0) is 38.7 Å². The normalized spacial score (nSPS) is 22.7. The standard InChI is InChI=1S/C18H27NO2/c1-13(2)16-11-15(14-9-7-6-8-10-14)12-19(16)17(20)21-18(3,4)5/h6-10,13,15-16H,11-12H2,1-5H3/t15-,16+/m1/s1. The maximum atomic E-state index is 12.5. The van der Waals surface area contributed by atoms with E-state index in [4.69, 9.17) is 4.74 Å². The van der Waals surface area contributed by atoms with Crippen LogP contribution in [0.15, 0.2) is 30.3 Å². The molecule has 1 aromatic carbocycles. The van der Waals surface area contributed by atoms with Gasteiger partial charge < -0.3 is 9.64 Å². The molecule has 1 saturated heterocycles. The summed E-state index contributed by atoms with van der Waals surface area (Å²) in [5.41, 5.74) is 0.873. The van der Waals surface area contributed by atoms with E-state index in [1.54, 1.807) is 0 Å². The van der Waals surface area contributed by atoms with Crippen molar-refractivity contribution >= 4 is 6.09 Å². The SMILES string of the molecule is CC(C)[C@@H]1C[C@@H](c2ccccc2)CN1C(=O)OC(C)(C)C. The molecular formula is C18H27NO2. The second-order valence-corrected chi connectivity index (χ2v) is 7.29. The lowest BCUT2D eigenvalue weighted by molar-refractivity contribution is 0.0189. The van der Waals surface area contributed by atoms with Gasteiger partial charge in [-0.25, -0.2) is 4.79 Å². The highest BCUT2D eigenvalue weighted by atomic mass is 16.6. The Labute approximate surface area is 128 Å². The second kappa shape index (κ2) is 6.08. The molecule has 2 atom stereocenters. The van der Waals surface area contributed by atoms with E-state index in [1.165, 1.54) is 5.56 Å². The minimum atomic E-state index is -0.441. The van der Waals surface area contributed by atoms with Gasteiger partial charge in [0, 0.05) is 18.5 Å². The number of hydrogen-bond donors (Lipinski definition) is 0. The Balaban J connectivity index is 2.14. The minimum Gasteiger partial charge on any atom is -0.444 e. The first-order chi connectivity index (χ1) is 9.78. The summed E-state index contributed by atoms with van der Waals surface area (Å²) in [5.74, 6) is 0.845. The summed E-state index contributed by atoms with van der Waals surface area (Å²) in [6, 6.07) is 10.7. The van der Waals surface area contributed by atoms with E-state index in [9.17, 15) is 4.79 Å². The fourth-order valence-corrected chi connectivity index (χ4v) is 3.00. The largest absolute Gasteiger partial charge is 0.444 e. The molecule has 0 unspecified atom stereocenters. The fourth-order valence-electron chi connectivity index (χ4n) is 3.00. The topological polar surface area (TPSA) is 29.5 Å². The lowest BCUT2D eigenvalue weighted by atomic mass is 9.93. The van der Waals surface area contributed by atoms with Crippen LogP contribution in [0.2, 0.25) is 0 Å². The van der Waals surface area contributed by atoms with Gasteiger partial charge in [0.2, 0.25) is 0 Å². The third kappa shape index (κ3) is 3.99. The maximum Gasteiger partial charge on any atom is 0.410 e. The van der Waals surface area contributed by atoms with Crippen molar-refractivity contribution in [2.24, 2.45) is 5.92 Å². The van der Waals surface area contributed by atoms with Crippen molar-refractivity contribution in [1.29, 1.82) is 0 Å². The lowest BCUT2D eigenvalue weighted by Gasteiger charge is -2.30. The molecule has 0 radical (unpaired) electrons. The van der Waals surface area contributed by atoms with Gasteiger partial charge in [-0.2, -0.15) is 0 Å². The molecule has 0 aromatic heterocycles. The molecule has 1 heterocycles. The molecule has 0 spiro atoms. The Kier molecular flexibility index (Phi) is 4.60. The molecule has 2 rings (SSSR count). The second-order valence-electron chi connectivity index (χ2n) is 7.29. The number of ether oxygens (including phenoxy) is 1. The smallest absolute Gasteiger partial charge is 0.410 e. The van der Waals surface area contributed by atoms with E-state index < -0.39 is 5.60 Å². The Hall–Kier alpha value is -1.51. The van der Waals surface area contributed by atoms with Gasteiger partial charge in [-0.1, -0.05) is 44.2 Å². The predicted molar refractivity (Wildman–Crippen MR) is 85.4 cm³/mol.